The number of carbonyl (C=O) groups is 2. The molecule has 1 unspecified atom stereocenters. The van der Waals surface area contributed by atoms with Gasteiger partial charge in [0.2, 0.25) is 0 Å². The standard InChI is InChI=1S/C23H34N2O5/c1-7-8-9-17-20(22(26)30-15(4)5)21(25-23(27)24-17)16-10-11-18(19(12-16)28-6)29-13-14(2)3/h10-12,14-15,21H,7-9,13H2,1-6H3,(H2,24,25,27). The number of methoxy groups -OCH3 is 1. The van der Waals surface area contributed by atoms with E-state index in [1.807, 2.05) is 12.1 Å². The molecule has 1 aromatic carbocycles. The van der Waals surface area contributed by atoms with E-state index >= 15 is 0 Å². The summed E-state index contributed by atoms with van der Waals surface area (Å²) < 4.78 is 16.8. The number of unbranched alkanes of at least 4 members (excludes halogenated alkanes) is 1. The van der Waals surface area contributed by atoms with Crippen molar-refractivity contribution in [2.45, 2.75) is 66.0 Å². The lowest BCUT2D eigenvalue weighted by Crippen LogP contribution is -2.46. The van der Waals surface area contributed by atoms with Gasteiger partial charge in [0.25, 0.3) is 0 Å². The average Bonchev–Trinajstić information content (AvgIpc) is 2.69. The minimum absolute atomic E-state index is 0.267. The van der Waals surface area contributed by atoms with Gasteiger partial charge in [0, 0.05) is 5.70 Å². The second-order valence-corrected chi connectivity index (χ2v) is 8.10. The Bertz CT molecular complexity index is 786. The van der Waals surface area contributed by atoms with Crippen LogP contribution in [0, 0.1) is 5.92 Å². The molecule has 0 saturated carbocycles. The summed E-state index contributed by atoms with van der Waals surface area (Å²) in [5.74, 6) is 1.11. The minimum Gasteiger partial charge on any atom is -0.493 e. The third kappa shape index (κ3) is 6.15. The van der Waals surface area contributed by atoms with Gasteiger partial charge in [0.15, 0.2) is 11.5 Å². The molecule has 0 fully saturated rings. The van der Waals surface area contributed by atoms with Crippen molar-refractivity contribution in [1.82, 2.24) is 10.6 Å². The van der Waals surface area contributed by atoms with Crippen molar-refractivity contribution in [1.29, 1.82) is 0 Å². The zero-order valence-electron chi connectivity index (χ0n) is 18.8. The molecule has 0 bridgehead atoms. The van der Waals surface area contributed by atoms with E-state index in [1.165, 1.54) is 0 Å². The predicted octanol–water partition coefficient (Wildman–Crippen LogP) is 4.48. The van der Waals surface area contributed by atoms with Crippen LogP contribution in [0.5, 0.6) is 11.5 Å². The first-order chi connectivity index (χ1) is 14.3. The van der Waals surface area contributed by atoms with E-state index < -0.39 is 12.0 Å². The van der Waals surface area contributed by atoms with Gasteiger partial charge in [0.05, 0.1) is 31.4 Å². The molecule has 0 radical (unpaired) electrons. The lowest BCUT2D eigenvalue weighted by molar-refractivity contribution is -0.143. The number of hydrogen-bond acceptors (Lipinski definition) is 5. The molecule has 166 valence electrons. The molecule has 0 aliphatic carbocycles. The van der Waals surface area contributed by atoms with E-state index in [-0.39, 0.29) is 12.1 Å². The Hall–Kier alpha value is -2.70. The summed E-state index contributed by atoms with van der Waals surface area (Å²) in [6.07, 6.45) is 2.12. The molecule has 2 N–H and O–H groups in total. The molecule has 2 rings (SSSR count). The first-order valence-electron chi connectivity index (χ1n) is 10.6. The normalized spacial score (nSPS) is 16.4. The van der Waals surface area contributed by atoms with Gasteiger partial charge in [-0.05, 0) is 50.3 Å². The minimum atomic E-state index is -0.634. The van der Waals surface area contributed by atoms with Crippen LogP contribution in [0.4, 0.5) is 4.79 Å². The van der Waals surface area contributed by atoms with Crippen molar-refractivity contribution < 1.29 is 23.8 Å². The highest BCUT2D eigenvalue weighted by molar-refractivity contribution is 5.95. The maximum Gasteiger partial charge on any atom is 0.338 e. The van der Waals surface area contributed by atoms with Gasteiger partial charge in [-0.2, -0.15) is 0 Å². The smallest absolute Gasteiger partial charge is 0.338 e. The van der Waals surface area contributed by atoms with E-state index in [0.717, 1.165) is 18.4 Å². The number of hydrogen-bond donors (Lipinski definition) is 2. The Balaban J connectivity index is 2.46. The summed E-state index contributed by atoms with van der Waals surface area (Å²) in [4.78, 5) is 25.3. The average molecular weight is 419 g/mol. The maximum absolute atomic E-state index is 12.9. The second kappa shape index (κ2) is 10.9. The molecule has 1 heterocycles. The molecule has 7 nitrogen and oxygen atoms in total. The van der Waals surface area contributed by atoms with Crippen molar-refractivity contribution in [2.24, 2.45) is 5.92 Å². The Kier molecular flexibility index (Phi) is 8.57. The molecular formula is C23H34N2O5. The molecule has 2 amide bonds. The maximum atomic E-state index is 12.9. The molecular weight excluding hydrogens is 384 g/mol. The molecule has 1 atom stereocenters. The molecule has 1 aliphatic heterocycles. The summed E-state index contributed by atoms with van der Waals surface area (Å²) >= 11 is 0. The van der Waals surface area contributed by atoms with E-state index in [9.17, 15) is 9.59 Å². The largest absolute Gasteiger partial charge is 0.493 e. The van der Waals surface area contributed by atoms with Crippen LogP contribution in [-0.4, -0.2) is 31.8 Å². The van der Waals surface area contributed by atoms with Crippen molar-refractivity contribution >= 4 is 12.0 Å². The van der Waals surface area contributed by atoms with Crippen LogP contribution in [0.25, 0.3) is 0 Å². The van der Waals surface area contributed by atoms with Crippen molar-refractivity contribution in [3.05, 3.63) is 35.0 Å². The van der Waals surface area contributed by atoms with E-state index in [1.54, 1.807) is 27.0 Å². The molecule has 1 aromatic rings. The number of esters is 1. The number of rotatable bonds is 10. The lowest BCUT2D eigenvalue weighted by Gasteiger charge is -2.30. The van der Waals surface area contributed by atoms with Gasteiger partial charge < -0.3 is 24.8 Å². The van der Waals surface area contributed by atoms with Crippen LogP contribution in [0.15, 0.2) is 29.5 Å². The number of amides is 2. The monoisotopic (exact) mass is 418 g/mol. The zero-order valence-corrected chi connectivity index (χ0v) is 18.8. The first kappa shape index (κ1) is 23.6. The summed E-state index contributed by atoms with van der Waals surface area (Å²) in [5.41, 5.74) is 1.76. The van der Waals surface area contributed by atoms with Crippen LogP contribution in [0.2, 0.25) is 0 Å². The van der Waals surface area contributed by atoms with Gasteiger partial charge in [-0.1, -0.05) is 33.3 Å². The van der Waals surface area contributed by atoms with E-state index in [4.69, 9.17) is 14.2 Å². The van der Waals surface area contributed by atoms with Crippen LogP contribution >= 0.6 is 0 Å². The van der Waals surface area contributed by atoms with Crippen LogP contribution in [0.3, 0.4) is 0 Å². The summed E-state index contributed by atoms with van der Waals surface area (Å²) in [5, 5.41) is 5.66. The molecule has 1 aliphatic rings. The Morgan fingerprint density at radius 2 is 1.90 bits per heavy atom. The number of allylic oxidation sites excluding steroid dienone is 1. The quantitative estimate of drug-likeness (QED) is 0.547. The zero-order chi connectivity index (χ0) is 22.3. The molecule has 30 heavy (non-hydrogen) atoms. The summed E-state index contributed by atoms with van der Waals surface area (Å²) in [7, 11) is 1.57. The topological polar surface area (TPSA) is 85.9 Å². The van der Waals surface area contributed by atoms with Crippen LogP contribution in [-0.2, 0) is 9.53 Å². The Morgan fingerprint density at radius 1 is 1.17 bits per heavy atom. The Morgan fingerprint density at radius 3 is 2.50 bits per heavy atom. The molecule has 7 heteroatoms. The fourth-order valence-electron chi connectivity index (χ4n) is 3.18. The molecule has 0 aromatic heterocycles. The van der Waals surface area contributed by atoms with Crippen molar-refractivity contribution in [2.75, 3.05) is 13.7 Å². The third-order valence-corrected chi connectivity index (χ3v) is 4.59. The number of nitrogens with one attached hydrogen (secondary N) is 2. The van der Waals surface area contributed by atoms with Crippen LogP contribution < -0.4 is 20.1 Å². The molecule has 0 spiro atoms. The van der Waals surface area contributed by atoms with Crippen molar-refractivity contribution in [3.8, 4) is 11.5 Å². The lowest BCUT2D eigenvalue weighted by atomic mass is 9.93. The highest BCUT2D eigenvalue weighted by atomic mass is 16.5. The van der Waals surface area contributed by atoms with Crippen LogP contribution in [0.1, 0.15) is 65.5 Å². The van der Waals surface area contributed by atoms with E-state index in [0.29, 0.717) is 41.7 Å². The van der Waals surface area contributed by atoms with Gasteiger partial charge in [0.1, 0.15) is 0 Å². The van der Waals surface area contributed by atoms with E-state index in [2.05, 4.69) is 31.4 Å². The molecule has 0 saturated heterocycles. The summed E-state index contributed by atoms with van der Waals surface area (Å²) in [6, 6.07) is 4.47. The van der Waals surface area contributed by atoms with Crippen molar-refractivity contribution in [3.63, 3.8) is 0 Å². The fraction of sp³-hybridized carbons (Fsp3) is 0.565. The predicted molar refractivity (Wildman–Crippen MR) is 116 cm³/mol. The highest BCUT2D eigenvalue weighted by Crippen LogP contribution is 2.35. The first-order valence-corrected chi connectivity index (χ1v) is 10.6. The highest BCUT2D eigenvalue weighted by Gasteiger charge is 2.34. The number of urea groups is 1. The fourth-order valence-corrected chi connectivity index (χ4v) is 3.18. The summed E-state index contributed by atoms with van der Waals surface area (Å²) in [6.45, 7) is 10.4. The second-order valence-electron chi connectivity index (χ2n) is 8.10. The SMILES string of the molecule is CCCCC1=C(C(=O)OC(C)C)C(c2ccc(OCC(C)C)c(OC)c2)NC(=O)N1. The Labute approximate surface area is 179 Å². The number of ether oxygens (including phenoxy) is 3. The van der Waals surface area contributed by atoms with Gasteiger partial charge >= 0.3 is 12.0 Å². The van der Waals surface area contributed by atoms with Gasteiger partial charge in [-0.3, -0.25) is 0 Å². The number of benzene rings is 1. The number of carbonyl (C=O) groups excluding carboxylic acids is 2. The van der Waals surface area contributed by atoms with Gasteiger partial charge in [-0.25, -0.2) is 9.59 Å². The third-order valence-electron chi connectivity index (χ3n) is 4.59. The van der Waals surface area contributed by atoms with Gasteiger partial charge in [-0.15, -0.1) is 0 Å².